The zero-order chi connectivity index (χ0) is 26.5. The lowest BCUT2D eigenvalue weighted by atomic mass is 9.94. The molecule has 0 radical (unpaired) electrons. The third kappa shape index (κ3) is 4.95. The van der Waals surface area contributed by atoms with Crippen LogP contribution in [0.3, 0.4) is 0 Å². The lowest BCUT2D eigenvalue weighted by molar-refractivity contribution is -0.132. The summed E-state index contributed by atoms with van der Waals surface area (Å²) in [4.78, 5) is 28.2. The van der Waals surface area contributed by atoms with Gasteiger partial charge in [-0.3, -0.25) is 14.5 Å². The Balaban J connectivity index is 1.90. The van der Waals surface area contributed by atoms with Gasteiger partial charge in [0.2, 0.25) is 0 Å². The van der Waals surface area contributed by atoms with E-state index in [-0.39, 0.29) is 11.3 Å². The molecule has 192 valence electrons. The predicted molar refractivity (Wildman–Crippen MR) is 140 cm³/mol. The van der Waals surface area contributed by atoms with E-state index in [1.165, 1.54) is 19.1 Å². The van der Waals surface area contributed by atoms with E-state index in [2.05, 4.69) is 0 Å². The Morgan fingerprint density at radius 2 is 1.51 bits per heavy atom. The Labute approximate surface area is 215 Å². The van der Waals surface area contributed by atoms with Crippen LogP contribution in [0.15, 0.2) is 72.3 Å². The van der Waals surface area contributed by atoms with Crippen LogP contribution in [-0.4, -0.2) is 44.2 Å². The molecule has 3 aromatic rings. The van der Waals surface area contributed by atoms with Gasteiger partial charge in [0.25, 0.3) is 11.7 Å². The molecule has 1 N–H and O–H groups in total. The number of rotatable bonds is 9. The van der Waals surface area contributed by atoms with Crippen molar-refractivity contribution in [1.29, 1.82) is 0 Å². The number of aliphatic hydroxyl groups excluding tert-OH is 1. The summed E-state index contributed by atoms with van der Waals surface area (Å²) in [5, 5.41) is 11.4. The minimum atomic E-state index is -0.897. The highest BCUT2D eigenvalue weighted by molar-refractivity contribution is 6.51. The molecule has 3 aromatic carbocycles. The quantitative estimate of drug-likeness (QED) is 0.246. The highest BCUT2D eigenvalue weighted by Gasteiger charge is 2.47. The summed E-state index contributed by atoms with van der Waals surface area (Å²) < 4.78 is 21.8. The van der Waals surface area contributed by atoms with Gasteiger partial charge in [-0.05, 0) is 74.0 Å². The number of amides is 1. The fourth-order valence-corrected chi connectivity index (χ4v) is 4.36. The average molecular weight is 504 g/mol. The number of ether oxygens (including phenoxy) is 4. The van der Waals surface area contributed by atoms with E-state index in [9.17, 15) is 14.7 Å². The van der Waals surface area contributed by atoms with Crippen LogP contribution in [0.25, 0.3) is 5.76 Å². The number of aliphatic hydroxyl groups is 1. The third-order valence-corrected chi connectivity index (χ3v) is 6.01. The molecule has 37 heavy (non-hydrogen) atoms. The molecular formula is C29H29NO7. The fourth-order valence-electron chi connectivity index (χ4n) is 4.36. The normalized spacial score (nSPS) is 16.5. The number of carbonyl (C=O) groups excluding carboxylic acids is 2. The minimum absolute atomic E-state index is 0.0419. The lowest BCUT2D eigenvalue weighted by Crippen LogP contribution is -2.29. The van der Waals surface area contributed by atoms with E-state index < -0.39 is 17.7 Å². The van der Waals surface area contributed by atoms with E-state index in [1.54, 1.807) is 66.7 Å². The van der Waals surface area contributed by atoms with E-state index in [4.69, 9.17) is 18.9 Å². The van der Waals surface area contributed by atoms with Gasteiger partial charge in [0, 0.05) is 11.3 Å². The van der Waals surface area contributed by atoms with Crippen molar-refractivity contribution in [2.24, 2.45) is 0 Å². The highest BCUT2D eigenvalue weighted by atomic mass is 16.5. The molecule has 1 unspecified atom stereocenters. The predicted octanol–water partition coefficient (Wildman–Crippen LogP) is 5.13. The first-order chi connectivity index (χ1) is 17.9. The Morgan fingerprint density at radius 1 is 0.838 bits per heavy atom. The number of nitrogens with zero attached hydrogens (tertiary/aromatic N) is 1. The Bertz CT molecular complexity index is 1330. The van der Waals surface area contributed by atoms with Crippen molar-refractivity contribution in [1.82, 2.24) is 0 Å². The molecule has 0 saturated carbocycles. The molecule has 1 aliphatic rings. The van der Waals surface area contributed by atoms with Crippen LogP contribution in [0.4, 0.5) is 5.69 Å². The van der Waals surface area contributed by atoms with Gasteiger partial charge in [0.15, 0.2) is 11.5 Å². The first-order valence-corrected chi connectivity index (χ1v) is 11.9. The standard InChI is InChI=1S/C29H29NO7/c1-5-36-21-13-11-20(12-14-21)30-26(18-8-7-9-22(16-18)37-6-2)25(28(32)29(30)33)27(31)19-10-15-23(34-3)24(17-19)35-4/h7-17,26,31H,5-6H2,1-4H3/b27-25+. The van der Waals surface area contributed by atoms with Gasteiger partial charge < -0.3 is 24.1 Å². The minimum Gasteiger partial charge on any atom is -0.507 e. The van der Waals surface area contributed by atoms with Gasteiger partial charge in [-0.1, -0.05) is 12.1 Å². The molecule has 0 aliphatic carbocycles. The van der Waals surface area contributed by atoms with Crippen LogP contribution in [-0.2, 0) is 9.59 Å². The first kappa shape index (κ1) is 25.6. The molecule has 1 atom stereocenters. The summed E-state index contributed by atoms with van der Waals surface area (Å²) in [6.45, 7) is 4.70. The number of methoxy groups -OCH3 is 2. The fraction of sp³-hybridized carbons (Fsp3) is 0.241. The maximum atomic E-state index is 13.4. The van der Waals surface area contributed by atoms with Crippen molar-refractivity contribution >= 4 is 23.1 Å². The number of benzene rings is 3. The van der Waals surface area contributed by atoms with Crippen molar-refractivity contribution < 1.29 is 33.6 Å². The summed E-state index contributed by atoms with van der Waals surface area (Å²) in [5.74, 6) is 0.203. The number of anilines is 1. The third-order valence-electron chi connectivity index (χ3n) is 6.01. The molecule has 1 saturated heterocycles. The lowest BCUT2D eigenvalue weighted by Gasteiger charge is -2.26. The van der Waals surface area contributed by atoms with Gasteiger partial charge in [0.1, 0.15) is 17.3 Å². The number of hydrogen-bond donors (Lipinski definition) is 1. The van der Waals surface area contributed by atoms with Gasteiger partial charge in [-0.2, -0.15) is 0 Å². The van der Waals surface area contributed by atoms with Gasteiger partial charge in [0.05, 0.1) is 39.0 Å². The summed E-state index contributed by atoms with van der Waals surface area (Å²) >= 11 is 0. The molecule has 0 aromatic heterocycles. The summed E-state index contributed by atoms with van der Waals surface area (Å²) in [7, 11) is 2.98. The topological polar surface area (TPSA) is 94.5 Å². The van der Waals surface area contributed by atoms with Crippen molar-refractivity contribution in [3.63, 3.8) is 0 Å². The highest BCUT2D eigenvalue weighted by Crippen LogP contribution is 2.43. The molecule has 8 heteroatoms. The second kappa shape index (κ2) is 11.1. The SMILES string of the molecule is CCOc1ccc(N2C(=O)C(=O)/C(=C(/O)c3ccc(OC)c(OC)c3)C2c2cccc(OCC)c2)cc1. The largest absolute Gasteiger partial charge is 0.507 e. The second-order valence-electron chi connectivity index (χ2n) is 8.17. The number of carbonyl (C=O) groups is 2. The second-order valence-corrected chi connectivity index (χ2v) is 8.17. The van der Waals surface area contributed by atoms with E-state index in [0.717, 1.165) is 0 Å². The van der Waals surface area contributed by atoms with Crippen LogP contribution in [0.2, 0.25) is 0 Å². The zero-order valence-corrected chi connectivity index (χ0v) is 21.2. The molecule has 4 rings (SSSR count). The Kier molecular flexibility index (Phi) is 7.67. The number of Topliss-reactive ketones (excluding diaryl/α,β-unsaturated/α-hetero) is 1. The molecular weight excluding hydrogens is 474 g/mol. The number of hydrogen-bond acceptors (Lipinski definition) is 7. The molecule has 0 bridgehead atoms. The van der Waals surface area contributed by atoms with Crippen LogP contribution < -0.4 is 23.8 Å². The maximum Gasteiger partial charge on any atom is 0.300 e. The van der Waals surface area contributed by atoms with Crippen LogP contribution in [0.5, 0.6) is 23.0 Å². The summed E-state index contributed by atoms with van der Waals surface area (Å²) in [6.07, 6.45) is 0. The van der Waals surface area contributed by atoms with Gasteiger partial charge in [-0.15, -0.1) is 0 Å². The first-order valence-electron chi connectivity index (χ1n) is 11.9. The molecule has 1 amide bonds. The summed E-state index contributed by atoms with van der Waals surface area (Å²) in [6, 6.07) is 17.9. The molecule has 1 fully saturated rings. The molecule has 1 heterocycles. The van der Waals surface area contributed by atoms with Gasteiger partial charge in [-0.25, -0.2) is 0 Å². The maximum absolute atomic E-state index is 13.4. The van der Waals surface area contributed by atoms with E-state index >= 15 is 0 Å². The molecule has 1 aliphatic heterocycles. The monoisotopic (exact) mass is 503 g/mol. The molecule has 8 nitrogen and oxygen atoms in total. The zero-order valence-electron chi connectivity index (χ0n) is 21.2. The van der Waals surface area contributed by atoms with Crippen LogP contribution >= 0.6 is 0 Å². The van der Waals surface area contributed by atoms with Crippen molar-refractivity contribution in [2.75, 3.05) is 32.3 Å². The molecule has 0 spiro atoms. The number of ketones is 1. The van der Waals surface area contributed by atoms with Crippen LogP contribution in [0, 0.1) is 0 Å². The van der Waals surface area contributed by atoms with Crippen molar-refractivity contribution in [3.05, 3.63) is 83.4 Å². The average Bonchev–Trinajstić information content (AvgIpc) is 3.19. The van der Waals surface area contributed by atoms with Crippen molar-refractivity contribution in [3.8, 4) is 23.0 Å². The summed E-state index contributed by atoms with van der Waals surface area (Å²) in [5.41, 5.74) is 1.37. The van der Waals surface area contributed by atoms with E-state index in [0.29, 0.717) is 53.0 Å². The Morgan fingerprint density at radius 3 is 2.16 bits per heavy atom. The smallest absolute Gasteiger partial charge is 0.300 e. The van der Waals surface area contributed by atoms with Crippen molar-refractivity contribution in [2.45, 2.75) is 19.9 Å². The van der Waals surface area contributed by atoms with Crippen LogP contribution in [0.1, 0.15) is 31.0 Å². The van der Waals surface area contributed by atoms with Gasteiger partial charge >= 0.3 is 0 Å². The Hall–Kier alpha value is -4.46. The van der Waals surface area contributed by atoms with E-state index in [1.807, 2.05) is 13.8 Å².